The van der Waals surface area contributed by atoms with E-state index in [1.54, 1.807) is 0 Å². The zero-order valence-electron chi connectivity index (χ0n) is 23.5. The van der Waals surface area contributed by atoms with Crippen molar-refractivity contribution in [2.45, 2.75) is 58.4 Å². The molecule has 1 aliphatic rings. The summed E-state index contributed by atoms with van der Waals surface area (Å²) in [7, 11) is -2.14. The molecule has 5 heteroatoms. The average molecular weight is 532 g/mol. The van der Waals surface area contributed by atoms with Gasteiger partial charge in [0.1, 0.15) is 0 Å². The first-order valence-corrected chi connectivity index (χ1v) is 16.6. The van der Waals surface area contributed by atoms with Gasteiger partial charge in [-0.2, -0.15) is 0 Å². The van der Waals surface area contributed by atoms with Crippen molar-refractivity contribution in [2.75, 3.05) is 32.3 Å². The number of nitrogens with one attached hydrogen (secondary N) is 1. The molecule has 1 amide bonds. The van der Waals surface area contributed by atoms with Gasteiger partial charge in [-0.05, 0) is 20.8 Å². The van der Waals surface area contributed by atoms with Crippen LogP contribution in [-0.2, 0) is 4.79 Å². The minimum absolute atomic E-state index is 0.163. The Hall–Kier alpha value is -2.52. The van der Waals surface area contributed by atoms with E-state index in [0.29, 0.717) is 6.42 Å². The van der Waals surface area contributed by atoms with Crippen molar-refractivity contribution in [1.29, 1.82) is 0 Å². The number of nitrogens with zero attached hydrogens (tertiary/aromatic N) is 2. The van der Waals surface area contributed by atoms with Gasteiger partial charge >= 0.3 is 205 Å². The summed E-state index contributed by atoms with van der Waals surface area (Å²) in [5.74, 6) is 0.163. The molecule has 3 aromatic rings. The summed E-state index contributed by atoms with van der Waals surface area (Å²) < 4.78 is 0. The molecule has 0 aliphatic carbocycles. The van der Waals surface area contributed by atoms with Crippen molar-refractivity contribution in [3.8, 4) is 0 Å². The number of piperazine rings is 1. The summed E-state index contributed by atoms with van der Waals surface area (Å²) in [6.45, 7) is 10.6. The second kappa shape index (κ2) is 13.5. The molecule has 38 heavy (non-hydrogen) atoms. The van der Waals surface area contributed by atoms with Gasteiger partial charge in [-0.15, -0.1) is 0 Å². The third kappa shape index (κ3) is 7.32. The van der Waals surface area contributed by atoms with Crippen molar-refractivity contribution in [3.05, 3.63) is 91.0 Å². The van der Waals surface area contributed by atoms with E-state index in [9.17, 15) is 4.79 Å². The standard InChI is InChI=1S/C33H46N3OP/c1-33(2,3)35-24-26-36(27-25-35)34-32(37)23-15-4-5-16-28-38(29-17-9-6-10-18-29,30-19-11-7-12-20-30)31-21-13-8-14-22-31/h6-14,17-22,38H,4-5,15-16,23-28H2,1-3H3,(H,34,37). The topological polar surface area (TPSA) is 35.6 Å². The van der Waals surface area contributed by atoms with Crippen LogP contribution in [0.5, 0.6) is 0 Å². The Morgan fingerprint density at radius 3 is 1.58 bits per heavy atom. The SMILES string of the molecule is CC(C)(C)N1CCN(NC(=O)CCCCCC[PH](c2ccccc2)(c2ccccc2)c2ccccc2)CC1. The van der Waals surface area contributed by atoms with Crippen LogP contribution in [-0.4, -0.2) is 53.7 Å². The molecule has 4 nitrogen and oxygen atoms in total. The number of rotatable bonds is 11. The Bertz CT molecular complexity index is 1010. The van der Waals surface area contributed by atoms with Crippen LogP contribution in [0.4, 0.5) is 0 Å². The number of benzene rings is 3. The minimum atomic E-state index is -2.14. The van der Waals surface area contributed by atoms with E-state index in [-0.39, 0.29) is 11.4 Å². The van der Waals surface area contributed by atoms with Gasteiger partial charge in [0.25, 0.3) is 0 Å². The zero-order valence-corrected chi connectivity index (χ0v) is 24.5. The van der Waals surface area contributed by atoms with E-state index in [0.717, 1.165) is 45.4 Å². The number of carbonyl (C=O) groups excluding carboxylic acids is 1. The molecule has 0 spiro atoms. The van der Waals surface area contributed by atoms with Crippen LogP contribution in [0.3, 0.4) is 0 Å². The van der Waals surface area contributed by atoms with Crippen LogP contribution < -0.4 is 21.3 Å². The molecule has 0 saturated carbocycles. The van der Waals surface area contributed by atoms with Gasteiger partial charge in [0, 0.05) is 5.54 Å². The third-order valence-electron chi connectivity index (χ3n) is 8.02. The zero-order chi connectivity index (χ0) is 26.8. The molecule has 0 bridgehead atoms. The number of hydrazine groups is 1. The molecule has 0 aromatic heterocycles. The molecule has 1 N–H and O–H groups in total. The van der Waals surface area contributed by atoms with Crippen LogP contribution in [0.15, 0.2) is 91.0 Å². The number of hydrogen-bond acceptors (Lipinski definition) is 3. The number of unbranched alkanes of at least 4 members (excludes halogenated alkanes) is 3. The van der Waals surface area contributed by atoms with Crippen molar-refractivity contribution >= 4 is 29.1 Å². The summed E-state index contributed by atoms with van der Waals surface area (Å²) in [6, 6.07) is 33.5. The molecule has 0 radical (unpaired) electrons. The molecule has 1 aliphatic heterocycles. The van der Waals surface area contributed by atoms with Gasteiger partial charge in [0.15, 0.2) is 0 Å². The van der Waals surface area contributed by atoms with E-state index in [1.807, 2.05) is 0 Å². The van der Waals surface area contributed by atoms with Crippen molar-refractivity contribution in [2.24, 2.45) is 0 Å². The van der Waals surface area contributed by atoms with Crippen molar-refractivity contribution in [1.82, 2.24) is 15.3 Å². The Morgan fingerprint density at radius 2 is 1.13 bits per heavy atom. The monoisotopic (exact) mass is 531 g/mol. The van der Waals surface area contributed by atoms with Crippen LogP contribution >= 0.6 is 7.26 Å². The molecular formula is C33H46N3OP. The first-order chi connectivity index (χ1) is 18.4. The van der Waals surface area contributed by atoms with E-state index in [4.69, 9.17) is 0 Å². The number of hydrogen-bond donors (Lipinski definition) is 1. The molecule has 0 unspecified atom stereocenters. The second-order valence-electron chi connectivity index (χ2n) is 11.6. The number of amides is 1. The van der Waals surface area contributed by atoms with E-state index in [2.05, 4.69) is 127 Å². The molecule has 1 fully saturated rings. The first kappa shape index (κ1) is 28.5. The normalized spacial score (nSPS) is 15.8. The fraction of sp³-hybridized carbons (Fsp3) is 0.424. The fourth-order valence-electron chi connectivity index (χ4n) is 5.85. The molecule has 204 valence electrons. The molecule has 3 aromatic carbocycles. The van der Waals surface area contributed by atoms with Gasteiger partial charge in [0.2, 0.25) is 0 Å². The summed E-state index contributed by atoms with van der Waals surface area (Å²) in [6.07, 6.45) is 6.14. The Labute approximate surface area is 230 Å². The van der Waals surface area contributed by atoms with Crippen molar-refractivity contribution < 1.29 is 4.79 Å². The molecule has 1 saturated heterocycles. The van der Waals surface area contributed by atoms with Gasteiger partial charge in [-0.1, -0.05) is 0 Å². The Kier molecular flexibility index (Phi) is 10.1. The predicted molar refractivity (Wildman–Crippen MR) is 166 cm³/mol. The van der Waals surface area contributed by atoms with Gasteiger partial charge < -0.3 is 0 Å². The van der Waals surface area contributed by atoms with Crippen molar-refractivity contribution in [3.63, 3.8) is 0 Å². The summed E-state index contributed by atoms with van der Waals surface area (Å²) >= 11 is 0. The van der Waals surface area contributed by atoms with E-state index < -0.39 is 7.26 Å². The average Bonchev–Trinajstić information content (AvgIpc) is 2.94. The van der Waals surface area contributed by atoms with E-state index >= 15 is 0 Å². The van der Waals surface area contributed by atoms with Crippen LogP contribution in [0.2, 0.25) is 0 Å². The van der Waals surface area contributed by atoms with Gasteiger partial charge in [-0.25, -0.2) is 0 Å². The molecule has 4 rings (SSSR count). The first-order valence-electron chi connectivity index (χ1n) is 14.4. The Morgan fingerprint density at radius 1 is 0.684 bits per heavy atom. The van der Waals surface area contributed by atoms with Gasteiger partial charge in [0.05, 0.1) is 0 Å². The number of carbonyl (C=O) groups is 1. The third-order valence-corrected chi connectivity index (χ3v) is 13.1. The Balaban J connectivity index is 1.31. The quantitative estimate of drug-likeness (QED) is 0.276. The van der Waals surface area contributed by atoms with Crippen LogP contribution in [0, 0.1) is 0 Å². The molecule has 1 heterocycles. The predicted octanol–water partition coefficient (Wildman–Crippen LogP) is 5.11. The summed E-state index contributed by atoms with van der Waals surface area (Å²) in [4.78, 5) is 15.1. The maximum atomic E-state index is 12.6. The fourth-order valence-corrected chi connectivity index (χ4v) is 10.8. The van der Waals surface area contributed by atoms with Crippen LogP contribution in [0.1, 0.15) is 52.9 Å². The summed E-state index contributed by atoms with van der Waals surface area (Å²) in [5, 5.41) is 6.53. The second-order valence-corrected chi connectivity index (χ2v) is 15.6. The molecule has 0 atom stereocenters. The van der Waals surface area contributed by atoms with E-state index in [1.165, 1.54) is 28.5 Å². The summed E-state index contributed by atoms with van der Waals surface area (Å²) in [5.41, 5.74) is 3.34. The molecular weight excluding hydrogens is 485 g/mol. The van der Waals surface area contributed by atoms with Crippen LogP contribution in [0.25, 0.3) is 0 Å². The van der Waals surface area contributed by atoms with Gasteiger partial charge in [-0.3, -0.25) is 0 Å². The maximum absolute atomic E-state index is 12.6.